The molecule has 2 heterocycles. The van der Waals surface area contributed by atoms with Gasteiger partial charge in [0, 0.05) is 18.8 Å². The van der Waals surface area contributed by atoms with Crippen LogP contribution in [0.4, 0.5) is 24.9 Å². The Kier molecular flexibility index (Phi) is 7.12. The summed E-state index contributed by atoms with van der Waals surface area (Å²) in [5, 5.41) is 6.40. The predicted molar refractivity (Wildman–Crippen MR) is 99.7 cm³/mol. The van der Waals surface area contributed by atoms with Crippen molar-refractivity contribution in [3.05, 3.63) is 11.8 Å². The van der Waals surface area contributed by atoms with Gasteiger partial charge in [-0.25, -0.2) is 4.98 Å². The number of hydrogen-bond acceptors (Lipinski definition) is 7. The molecule has 2 fully saturated rings. The smallest absolute Gasteiger partial charge is 0.379 e. The maximum Gasteiger partial charge on any atom is 0.411 e. The minimum atomic E-state index is -4.31. The van der Waals surface area contributed by atoms with Crippen LogP contribution in [-0.2, 0) is 9.47 Å². The summed E-state index contributed by atoms with van der Waals surface area (Å²) in [6.07, 6.45) is 0.823. The van der Waals surface area contributed by atoms with Gasteiger partial charge >= 0.3 is 6.18 Å². The molecule has 4 N–H and O–H groups in total. The van der Waals surface area contributed by atoms with Crippen LogP contribution in [0.25, 0.3) is 0 Å². The van der Waals surface area contributed by atoms with Crippen LogP contribution in [0.5, 0.6) is 0 Å². The van der Waals surface area contributed by atoms with Gasteiger partial charge in [0.25, 0.3) is 5.91 Å². The zero-order valence-electron chi connectivity index (χ0n) is 16.0. The van der Waals surface area contributed by atoms with Crippen molar-refractivity contribution in [1.82, 2.24) is 9.97 Å². The van der Waals surface area contributed by atoms with Crippen LogP contribution in [0.2, 0.25) is 0 Å². The Hall–Kier alpha value is -2.14. The summed E-state index contributed by atoms with van der Waals surface area (Å²) in [5.74, 6) is 0.0692. The number of nitrogens with zero attached hydrogens (tertiary/aromatic N) is 2. The highest BCUT2D eigenvalue weighted by atomic mass is 19.4. The molecular formula is C18H26F3N5O3. The molecule has 0 bridgehead atoms. The number of aromatic nitrogens is 2. The second kappa shape index (κ2) is 9.57. The Morgan fingerprint density at radius 2 is 1.97 bits per heavy atom. The number of hydrogen-bond donors (Lipinski definition) is 3. The van der Waals surface area contributed by atoms with Crippen LogP contribution in [0.1, 0.15) is 48.9 Å². The molecule has 1 aliphatic heterocycles. The number of nitrogens with two attached hydrogens (primary N) is 1. The lowest BCUT2D eigenvalue weighted by Gasteiger charge is -2.29. The highest BCUT2D eigenvalue weighted by Gasteiger charge is 2.31. The first-order chi connectivity index (χ1) is 13.8. The van der Waals surface area contributed by atoms with Crippen LogP contribution in [0.3, 0.4) is 0 Å². The molecule has 1 amide bonds. The Labute approximate surface area is 166 Å². The second-order valence-corrected chi connectivity index (χ2v) is 7.42. The van der Waals surface area contributed by atoms with E-state index in [1.54, 1.807) is 0 Å². The summed E-state index contributed by atoms with van der Waals surface area (Å²) in [6, 6.07) is 0.0526. The third kappa shape index (κ3) is 6.70. The molecule has 1 atom stereocenters. The summed E-state index contributed by atoms with van der Waals surface area (Å²) in [7, 11) is 0. The van der Waals surface area contributed by atoms with Crippen molar-refractivity contribution in [2.24, 2.45) is 5.73 Å². The van der Waals surface area contributed by atoms with Crippen LogP contribution in [-0.4, -0.2) is 60.1 Å². The van der Waals surface area contributed by atoms with Crippen molar-refractivity contribution in [3.8, 4) is 0 Å². The van der Waals surface area contributed by atoms with E-state index in [1.807, 2.05) is 0 Å². The topological polar surface area (TPSA) is 111 Å². The van der Waals surface area contributed by atoms with Gasteiger partial charge in [-0.05, 0) is 38.5 Å². The number of halogens is 3. The second-order valence-electron chi connectivity index (χ2n) is 7.42. The molecule has 162 valence electrons. The third-order valence-corrected chi connectivity index (χ3v) is 5.05. The minimum absolute atomic E-state index is 0.0195. The molecule has 8 nitrogen and oxygen atoms in total. The Morgan fingerprint density at radius 1 is 1.21 bits per heavy atom. The molecule has 1 aliphatic carbocycles. The van der Waals surface area contributed by atoms with E-state index in [0.717, 1.165) is 12.8 Å². The molecule has 0 aromatic carbocycles. The molecule has 0 unspecified atom stereocenters. The first kappa shape index (κ1) is 21.6. The van der Waals surface area contributed by atoms with Gasteiger partial charge in [-0.15, -0.1) is 0 Å². The van der Waals surface area contributed by atoms with Crippen molar-refractivity contribution < 1.29 is 27.4 Å². The zero-order chi connectivity index (χ0) is 20.9. The van der Waals surface area contributed by atoms with E-state index in [4.69, 9.17) is 15.2 Å². The van der Waals surface area contributed by atoms with Gasteiger partial charge in [0.15, 0.2) is 0 Å². The van der Waals surface area contributed by atoms with E-state index in [-0.39, 0.29) is 17.6 Å². The van der Waals surface area contributed by atoms with Gasteiger partial charge in [-0.3, -0.25) is 4.79 Å². The Morgan fingerprint density at radius 3 is 2.59 bits per heavy atom. The number of rotatable bonds is 7. The van der Waals surface area contributed by atoms with Gasteiger partial charge in [0.1, 0.15) is 12.4 Å². The summed E-state index contributed by atoms with van der Waals surface area (Å²) in [5.41, 5.74) is 5.62. The van der Waals surface area contributed by atoms with E-state index in [2.05, 4.69) is 20.6 Å². The summed E-state index contributed by atoms with van der Waals surface area (Å²) < 4.78 is 47.2. The number of anilines is 2. The van der Waals surface area contributed by atoms with Crippen molar-refractivity contribution in [1.29, 1.82) is 0 Å². The van der Waals surface area contributed by atoms with Gasteiger partial charge in [0.2, 0.25) is 5.95 Å². The van der Waals surface area contributed by atoms with Crippen molar-refractivity contribution in [2.45, 2.75) is 62.9 Å². The zero-order valence-corrected chi connectivity index (χ0v) is 16.0. The number of alkyl halides is 3. The van der Waals surface area contributed by atoms with Crippen LogP contribution in [0, 0.1) is 0 Å². The monoisotopic (exact) mass is 417 g/mol. The van der Waals surface area contributed by atoms with Crippen molar-refractivity contribution in [2.75, 3.05) is 30.5 Å². The fourth-order valence-corrected chi connectivity index (χ4v) is 3.56. The molecule has 3 rings (SSSR count). The largest absolute Gasteiger partial charge is 0.411 e. The van der Waals surface area contributed by atoms with E-state index in [0.29, 0.717) is 50.7 Å². The SMILES string of the molecule is NC(=O)c1cnc(N[C@H]2CC[C@H](OCC(F)(F)F)CC2)nc1N[C@@H]1CCCOC1. The average Bonchev–Trinajstić information content (AvgIpc) is 2.68. The maximum atomic E-state index is 12.3. The molecule has 1 aromatic rings. The van der Waals surface area contributed by atoms with Crippen molar-refractivity contribution in [3.63, 3.8) is 0 Å². The summed E-state index contributed by atoms with van der Waals surface area (Å²) >= 11 is 0. The third-order valence-electron chi connectivity index (χ3n) is 5.05. The lowest BCUT2D eigenvalue weighted by Crippen LogP contribution is -2.33. The molecule has 11 heteroatoms. The number of primary amides is 1. The molecular weight excluding hydrogens is 391 g/mol. The molecule has 29 heavy (non-hydrogen) atoms. The van der Waals surface area contributed by atoms with Crippen LogP contribution >= 0.6 is 0 Å². The molecule has 1 saturated heterocycles. The standard InChI is InChI=1S/C18H26F3N5O3/c19-18(20,21)10-29-13-5-3-11(4-6-13)25-17-23-8-14(15(22)27)16(26-17)24-12-2-1-7-28-9-12/h8,11-13H,1-7,9-10H2,(H2,22,27)(H2,23,24,25,26)/t11-,12-,13-/m1/s1. The molecule has 1 saturated carbocycles. The number of carbonyl (C=O) groups excluding carboxylic acids is 1. The number of carbonyl (C=O) groups is 1. The highest BCUT2D eigenvalue weighted by Crippen LogP contribution is 2.26. The van der Waals surface area contributed by atoms with Crippen molar-refractivity contribution >= 4 is 17.7 Å². The van der Waals surface area contributed by atoms with E-state index in [1.165, 1.54) is 6.20 Å². The molecule has 0 radical (unpaired) electrons. The summed E-state index contributed by atoms with van der Waals surface area (Å²) in [4.78, 5) is 20.3. The van der Waals surface area contributed by atoms with Gasteiger partial charge in [-0.1, -0.05) is 0 Å². The first-order valence-corrected chi connectivity index (χ1v) is 9.76. The first-order valence-electron chi connectivity index (χ1n) is 9.76. The van der Waals surface area contributed by atoms with Gasteiger partial charge < -0.3 is 25.8 Å². The fraction of sp³-hybridized carbons (Fsp3) is 0.722. The number of nitrogens with one attached hydrogen (secondary N) is 2. The van der Waals surface area contributed by atoms with Crippen LogP contribution in [0.15, 0.2) is 6.20 Å². The molecule has 1 aromatic heterocycles. The highest BCUT2D eigenvalue weighted by molar-refractivity contribution is 5.97. The Bertz CT molecular complexity index is 690. The van der Waals surface area contributed by atoms with E-state index in [9.17, 15) is 18.0 Å². The predicted octanol–water partition coefficient (Wildman–Crippen LogP) is 2.47. The summed E-state index contributed by atoms with van der Waals surface area (Å²) in [6.45, 7) is 0.0209. The Balaban J connectivity index is 1.57. The molecule has 0 spiro atoms. The van der Waals surface area contributed by atoms with Gasteiger partial charge in [0.05, 0.1) is 24.3 Å². The maximum absolute atomic E-state index is 12.3. The lowest BCUT2D eigenvalue weighted by atomic mass is 9.93. The lowest BCUT2D eigenvalue weighted by molar-refractivity contribution is -0.187. The normalized spacial score (nSPS) is 25.4. The van der Waals surface area contributed by atoms with Gasteiger partial charge in [-0.2, -0.15) is 18.2 Å². The van der Waals surface area contributed by atoms with Crippen LogP contribution < -0.4 is 16.4 Å². The van der Waals surface area contributed by atoms with E-state index < -0.39 is 24.8 Å². The fourth-order valence-electron chi connectivity index (χ4n) is 3.56. The average molecular weight is 417 g/mol. The number of amides is 1. The molecule has 2 aliphatic rings. The quantitative estimate of drug-likeness (QED) is 0.625. The van der Waals surface area contributed by atoms with E-state index >= 15 is 0 Å². The number of ether oxygens (including phenoxy) is 2. The minimum Gasteiger partial charge on any atom is -0.379 e.